The second-order valence-corrected chi connectivity index (χ2v) is 8.60. The monoisotopic (exact) mass is 449 g/mol. The van der Waals surface area contributed by atoms with Crippen LogP contribution in [0.1, 0.15) is 5.56 Å². The molecule has 0 aliphatic heterocycles. The summed E-state index contributed by atoms with van der Waals surface area (Å²) in [6, 6.07) is 11.4. The molecule has 0 saturated carbocycles. The van der Waals surface area contributed by atoms with Crippen molar-refractivity contribution in [3.05, 3.63) is 74.3 Å². The Morgan fingerprint density at radius 3 is 2.42 bits per heavy atom. The van der Waals surface area contributed by atoms with Crippen molar-refractivity contribution in [3.63, 3.8) is 0 Å². The van der Waals surface area contributed by atoms with Gasteiger partial charge >= 0.3 is 0 Å². The van der Waals surface area contributed by atoms with Crippen LogP contribution in [-0.4, -0.2) is 18.2 Å². The van der Waals surface area contributed by atoms with Gasteiger partial charge in [0.15, 0.2) is 5.82 Å². The van der Waals surface area contributed by atoms with Crippen molar-refractivity contribution >= 4 is 62.2 Å². The molecule has 0 atom stereocenters. The van der Waals surface area contributed by atoms with Crippen LogP contribution in [0.4, 0.5) is 5.82 Å². The minimum Gasteiger partial charge on any atom is -0.265 e. The first-order valence-electron chi connectivity index (χ1n) is 7.20. The van der Waals surface area contributed by atoms with E-state index >= 15 is 0 Å². The lowest BCUT2D eigenvalue weighted by Crippen LogP contribution is -2.14. The summed E-state index contributed by atoms with van der Waals surface area (Å²) in [5, 5.41) is 5.16. The molecule has 0 fully saturated rings. The van der Waals surface area contributed by atoms with E-state index in [1.165, 1.54) is 29.1 Å². The fourth-order valence-corrected chi connectivity index (χ4v) is 4.44. The normalized spacial score (nSPS) is 11.5. The summed E-state index contributed by atoms with van der Waals surface area (Å²) in [6.45, 7) is 0.332. The van der Waals surface area contributed by atoms with Gasteiger partial charge in [0, 0.05) is 16.2 Å². The van der Waals surface area contributed by atoms with Crippen LogP contribution in [0.25, 0.3) is 0 Å². The molecule has 0 aliphatic rings. The van der Waals surface area contributed by atoms with Crippen molar-refractivity contribution in [2.45, 2.75) is 11.4 Å². The molecule has 0 amide bonds. The number of aromatic nitrogens is 2. The first-order valence-corrected chi connectivity index (χ1v) is 10.2. The topological polar surface area (TPSA) is 64.0 Å². The zero-order valence-corrected chi connectivity index (χ0v) is 16.8. The summed E-state index contributed by atoms with van der Waals surface area (Å²) in [5.41, 5.74) is 0.820. The number of hydrogen-bond donors (Lipinski definition) is 1. The third-order valence-electron chi connectivity index (χ3n) is 3.42. The predicted molar refractivity (Wildman–Crippen MR) is 105 cm³/mol. The number of rotatable bonds is 5. The van der Waals surface area contributed by atoms with Crippen LogP contribution in [0.15, 0.2) is 53.6 Å². The SMILES string of the molecule is O=S(=O)(Nc1nn(Cc2ccccc2Cl)cc1Cl)c1cc(Cl)ccc1Cl. The first-order chi connectivity index (χ1) is 12.3. The molecule has 3 aromatic rings. The van der Waals surface area contributed by atoms with Gasteiger partial charge in [-0.3, -0.25) is 9.40 Å². The number of hydrogen-bond acceptors (Lipinski definition) is 3. The molecule has 26 heavy (non-hydrogen) atoms. The number of benzene rings is 2. The van der Waals surface area contributed by atoms with E-state index in [2.05, 4.69) is 9.82 Å². The zero-order valence-electron chi connectivity index (χ0n) is 13.0. The molecule has 0 bridgehead atoms. The molecule has 10 heteroatoms. The maximum absolute atomic E-state index is 12.6. The fraction of sp³-hybridized carbons (Fsp3) is 0.0625. The maximum Gasteiger partial charge on any atom is 0.264 e. The van der Waals surface area contributed by atoms with Crippen molar-refractivity contribution in [2.24, 2.45) is 0 Å². The minimum absolute atomic E-state index is 0.0187. The van der Waals surface area contributed by atoms with Gasteiger partial charge in [0.25, 0.3) is 10.0 Å². The number of anilines is 1. The zero-order chi connectivity index (χ0) is 18.9. The second-order valence-electron chi connectivity index (χ2n) is 5.29. The van der Waals surface area contributed by atoms with E-state index in [0.29, 0.717) is 11.6 Å². The van der Waals surface area contributed by atoms with Gasteiger partial charge in [0.1, 0.15) is 9.92 Å². The molecular weight excluding hydrogens is 440 g/mol. The van der Waals surface area contributed by atoms with E-state index in [-0.39, 0.29) is 25.8 Å². The van der Waals surface area contributed by atoms with Gasteiger partial charge in [-0.1, -0.05) is 64.6 Å². The molecule has 1 heterocycles. The Labute approximate surface area is 170 Å². The highest BCUT2D eigenvalue weighted by Gasteiger charge is 2.21. The van der Waals surface area contributed by atoms with Crippen LogP contribution in [0.2, 0.25) is 20.1 Å². The number of halogens is 4. The van der Waals surface area contributed by atoms with Crippen molar-refractivity contribution in [1.29, 1.82) is 0 Å². The van der Waals surface area contributed by atoms with E-state index in [1.807, 2.05) is 18.2 Å². The summed E-state index contributed by atoms with van der Waals surface area (Å²) in [5.74, 6) is -0.0187. The highest BCUT2D eigenvalue weighted by molar-refractivity contribution is 7.92. The van der Waals surface area contributed by atoms with Crippen molar-refractivity contribution in [1.82, 2.24) is 9.78 Å². The Balaban J connectivity index is 1.88. The smallest absolute Gasteiger partial charge is 0.264 e. The Bertz CT molecular complexity index is 1070. The third-order valence-corrected chi connectivity index (χ3v) is 6.12. The summed E-state index contributed by atoms with van der Waals surface area (Å²) < 4.78 is 28.9. The van der Waals surface area contributed by atoms with Crippen LogP contribution < -0.4 is 4.72 Å². The third kappa shape index (κ3) is 4.27. The Morgan fingerprint density at radius 2 is 1.69 bits per heavy atom. The van der Waals surface area contributed by atoms with Crippen molar-refractivity contribution in [2.75, 3.05) is 4.72 Å². The quantitative estimate of drug-likeness (QED) is 0.570. The Hall–Kier alpha value is -1.44. The van der Waals surface area contributed by atoms with Gasteiger partial charge in [0.2, 0.25) is 0 Å². The molecule has 1 aromatic heterocycles. The van der Waals surface area contributed by atoms with Gasteiger partial charge in [-0.2, -0.15) is 5.10 Å². The molecule has 2 aromatic carbocycles. The average Bonchev–Trinajstić information content (AvgIpc) is 2.90. The van der Waals surface area contributed by atoms with E-state index in [0.717, 1.165) is 5.56 Å². The van der Waals surface area contributed by atoms with Crippen molar-refractivity contribution in [3.8, 4) is 0 Å². The summed E-state index contributed by atoms with van der Waals surface area (Å²) in [7, 11) is -4.01. The molecular formula is C16H11Cl4N3O2S. The molecule has 3 rings (SSSR count). The van der Waals surface area contributed by atoms with E-state index in [4.69, 9.17) is 46.4 Å². The maximum atomic E-state index is 12.6. The molecule has 0 unspecified atom stereocenters. The van der Waals surface area contributed by atoms with Gasteiger partial charge in [-0.05, 0) is 29.8 Å². The predicted octanol–water partition coefficient (Wildman–Crippen LogP) is 5.35. The van der Waals surface area contributed by atoms with Gasteiger partial charge in [-0.15, -0.1) is 0 Å². The number of nitrogens with one attached hydrogen (secondary N) is 1. The highest BCUT2D eigenvalue weighted by Crippen LogP contribution is 2.29. The van der Waals surface area contributed by atoms with Gasteiger partial charge in [0.05, 0.1) is 11.6 Å². The first kappa shape index (κ1) is 19.3. The van der Waals surface area contributed by atoms with Crippen LogP contribution >= 0.6 is 46.4 Å². The molecule has 1 N–H and O–H groups in total. The lowest BCUT2D eigenvalue weighted by molar-refractivity contribution is 0.600. The number of sulfonamides is 1. The molecule has 0 radical (unpaired) electrons. The van der Waals surface area contributed by atoms with Crippen molar-refractivity contribution < 1.29 is 8.42 Å². The van der Waals surface area contributed by atoms with Gasteiger partial charge < -0.3 is 0 Å². The second kappa shape index (κ2) is 7.66. The molecule has 0 saturated heterocycles. The lowest BCUT2D eigenvalue weighted by atomic mass is 10.2. The lowest BCUT2D eigenvalue weighted by Gasteiger charge is -2.08. The van der Waals surface area contributed by atoms with Crippen LogP contribution in [0, 0.1) is 0 Å². The molecule has 0 aliphatic carbocycles. The van der Waals surface area contributed by atoms with Gasteiger partial charge in [-0.25, -0.2) is 8.42 Å². The summed E-state index contributed by atoms with van der Waals surface area (Å²) in [4.78, 5) is -0.164. The standard InChI is InChI=1S/C16H11Cl4N3O2S/c17-11-5-6-13(19)15(7-11)26(24,25)22-16-14(20)9-23(21-16)8-10-3-1-2-4-12(10)18/h1-7,9H,8H2,(H,21,22). The molecule has 0 spiro atoms. The fourth-order valence-electron chi connectivity index (χ4n) is 2.21. The van der Waals surface area contributed by atoms with Crippen LogP contribution in [0.5, 0.6) is 0 Å². The van der Waals surface area contributed by atoms with E-state index in [9.17, 15) is 8.42 Å². The van der Waals surface area contributed by atoms with E-state index in [1.54, 1.807) is 6.07 Å². The van der Waals surface area contributed by atoms with Crippen LogP contribution in [-0.2, 0) is 16.6 Å². The molecule has 136 valence electrons. The van der Waals surface area contributed by atoms with E-state index < -0.39 is 10.0 Å². The Kier molecular flexibility index (Phi) is 5.69. The highest BCUT2D eigenvalue weighted by atomic mass is 35.5. The minimum atomic E-state index is -4.01. The van der Waals surface area contributed by atoms with Crippen LogP contribution in [0.3, 0.4) is 0 Å². The largest absolute Gasteiger partial charge is 0.265 e. The average molecular weight is 451 g/mol. The molecule has 5 nitrogen and oxygen atoms in total. The summed E-state index contributed by atoms with van der Waals surface area (Å²) >= 11 is 24.1. The number of nitrogens with zero attached hydrogens (tertiary/aromatic N) is 2. The summed E-state index contributed by atoms with van der Waals surface area (Å²) in [6.07, 6.45) is 1.50. The Morgan fingerprint density at radius 1 is 0.962 bits per heavy atom.